The second kappa shape index (κ2) is 20.6. The standard InChI is InChI=1S/C19H25N7O4S.C5H10.C4H11N3/c1-11(27)23-9-15(28)24-10-16(29)25-13(6-4-8-22-19(20)21)17(30)18-26-12-5-2-3-7-14(12)31-18;1-5-3-2-4-5;1-2-3-7-4(5)6/h2-3,5,7,13H,4,6,8-10H2,1H3,(H,23,27)(H,24,28)(H,25,29)(H4,20,21,22);5H,2-4H2,1H3;2-3H2,1H3,(H4,5,6,7). The molecule has 1 atom stereocenters. The van der Waals surface area contributed by atoms with Crippen LogP contribution in [-0.4, -0.2) is 72.6 Å². The van der Waals surface area contributed by atoms with Gasteiger partial charge in [-0.05, 0) is 37.3 Å². The predicted molar refractivity (Wildman–Crippen MR) is 171 cm³/mol. The highest BCUT2D eigenvalue weighted by molar-refractivity contribution is 7.20. The van der Waals surface area contributed by atoms with E-state index in [-0.39, 0.29) is 48.1 Å². The lowest BCUT2D eigenvalue weighted by Gasteiger charge is -2.18. The number of carbonyl (C=O) groups is 4. The van der Waals surface area contributed by atoms with E-state index in [0.717, 1.165) is 23.6 Å². The number of carbonyl (C=O) groups excluding carboxylic acids is 4. The highest BCUT2D eigenvalue weighted by atomic mass is 32.1. The number of fused-ring (bicyclic) bond motifs is 1. The number of guanidine groups is 2. The first-order valence-corrected chi connectivity index (χ1v) is 15.1. The molecule has 15 heteroatoms. The number of nitrogens with zero attached hydrogens (tertiary/aromatic N) is 3. The van der Waals surface area contributed by atoms with E-state index in [2.05, 4.69) is 37.8 Å². The second-order valence-corrected chi connectivity index (χ2v) is 11.0. The third-order valence-corrected chi connectivity index (χ3v) is 7.01. The van der Waals surface area contributed by atoms with Gasteiger partial charge in [-0.3, -0.25) is 29.2 Å². The largest absolute Gasteiger partial charge is 0.370 e. The van der Waals surface area contributed by atoms with Gasteiger partial charge in [0.2, 0.25) is 23.5 Å². The summed E-state index contributed by atoms with van der Waals surface area (Å²) in [7, 11) is 0. The molecule has 14 nitrogen and oxygen atoms in total. The topological polar surface area (TPSA) is 246 Å². The maximum Gasteiger partial charge on any atom is 0.239 e. The zero-order valence-electron chi connectivity index (χ0n) is 25.2. The first-order chi connectivity index (χ1) is 20.4. The van der Waals surface area contributed by atoms with Gasteiger partial charge in [-0.1, -0.05) is 45.2 Å². The third kappa shape index (κ3) is 16.7. The van der Waals surface area contributed by atoms with Crippen LogP contribution in [0, 0.1) is 5.92 Å². The van der Waals surface area contributed by atoms with Crippen molar-refractivity contribution in [3.63, 3.8) is 0 Å². The van der Waals surface area contributed by atoms with Gasteiger partial charge in [-0.2, -0.15) is 0 Å². The molecule has 1 saturated carbocycles. The van der Waals surface area contributed by atoms with E-state index >= 15 is 0 Å². The van der Waals surface area contributed by atoms with Gasteiger partial charge in [0.1, 0.15) is 0 Å². The Hall–Kier alpha value is -4.27. The molecule has 0 saturated heterocycles. The molecule has 1 aromatic heterocycles. The lowest BCUT2D eigenvalue weighted by molar-refractivity contribution is -0.127. The number of para-hydroxylation sites is 1. The van der Waals surface area contributed by atoms with E-state index in [0.29, 0.717) is 18.5 Å². The molecule has 0 bridgehead atoms. The molecule has 0 aliphatic heterocycles. The van der Waals surface area contributed by atoms with Crippen molar-refractivity contribution in [3.05, 3.63) is 29.3 Å². The number of benzene rings is 1. The number of Topliss-reactive ketones (excluding diaryl/α,β-unsaturated/α-hetero) is 1. The van der Waals surface area contributed by atoms with E-state index in [1.54, 1.807) is 6.07 Å². The van der Waals surface area contributed by atoms with Crippen molar-refractivity contribution in [3.8, 4) is 0 Å². The van der Waals surface area contributed by atoms with E-state index in [1.165, 1.54) is 37.5 Å². The zero-order valence-corrected chi connectivity index (χ0v) is 26.0. The molecular formula is C28H46N10O4S. The van der Waals surface area contributed by atoms with Crippen LogP contribution in [0.2, 0.25) is 0 Å². The van der Waals surface area contributed by atoms with Crippen molar-refractivity contribution in [2.75, 3.05) is 26.2 Å². The smallest absolute Gasteiger partial charge is 0.239 e. The molecule has 43 heavy (non-hydrogen) atoms. The van der Waals surface area contributed by atoms with E-state index in [4.69, 9.17) is 22.9 Å². The highest BCUT2D eigenvalue weighted by Gasteiger charge is 2.25. The summed E-state index contributed by atoms with van der Waals surface area (Å²) in [5.74, 6) is -0.563. The number of aromatic nitrogens is 1. The Balaban J connectivity index is 0.000000637. The molecule has 1 aliphatic carbocycles. The molecular weight excluding hydrogens is 572 g/mol. The van der Waals surface area contributed by atoms with Crippen LogP contribution in [0.25, 0.3) is 10.2 Å². The molecule has 1 heterocycles. The number of nitrogens with two attached hydrogens (primary N) is 4. The van der Waals surface area contributed by atoms with E-state index < -0.39 is 17.9 Å². The summed E-state index contributed by atoms with van der Waals surface area (Å²) in [5.41, 5.74) is 21.3. The Labute approximate surface area is 256 Å². The Morgan fingerprint density at radius 1 is 0.977 bits per heavy atom. The SMILES string of the molecule is CC(=O)NCC(=O)NCC(=O)NC(CCCN=C(N)N)C(=O)c1nc2ccccc2s1.CC1CCC1.CCCN=C(N)N. The van der Waals surface area contributed by atoms with Crippen LogP contribution in [0.5, 0.6) is 0 Å². The lowest BCUT2D eigenvalue weighted by Crippen LogP contribution is -2.47. The molecule has 1 fully saturated rings. The van der Waals surface area contributed by atoms with E-state index in [1.807, 2.05) is 25.1 Å². The maximum absolute atomic E-state index is 13.0. The molecule has 11 N–H and O–H groups in total. The van der Waals surface area contributed by atoms with Gasteiger partial charge in [-0.25, -0.2) is 4.98 Å². The molecule has 3 rings (SSSR count). The van der Waals surface area contributed by atoms with Crippen molar-refractivity contribution in [1.29, 1.82) is 0 Å². The highest BCUT2D eigenvalue weighted by Crippen LogP contribution is 2.24. The van der Waals surface area contributed by atoms with Crippen LogP contribution in [0.4, 0.5) is 0 Å². The number of rotatable bonds is 13. The number of nitrogens with one attached hydrogen (secondary N) is 3. The van der Waals surface area contributed by atoms with Crippen LogP contribution in [-0.2, 0) is 14.4 Å². The lowest BCUT2D eigenvalue weighted by atomic mass is 9.88. The van der Waals surface area contributed by atoms with Crippen molar-refractivity contribution in [2.24, 2.45) is 38.8 Å². The van der Waals surface area contributed by atoms with Gasteiger partial charge in [0.25, 0.3) is 0 Å². The third-order valence-electron chi connectivity index (χ3n) is 5.96. The number of ketones is 1. The Morgan fingerprint density at radius 3 is 2.09 bits per heavy atom. The molecule has 1 unspecified atom stereocenters. The van der Waals surface area contributed by atoms with Crippen LogP contribution < -0.4 is 38.9 Å². The molecule has 0 radical (unpaired) electrons. The molecule has 2 aromatic rings. The van der Waals surface area contributed by atoms with Crippen molar-refractivity contribution < 1.29 is 19.2 Å². The summed E-state index contributed by atoms with van der Waals surface area (Å²) in [6.45, 7) is 6.07. The minimum absolute atomic E-state index is 0.0556. The van der Waals surface area contributed by atoms with Gasteiger partial charge in [0, 0.05) is 20.0 Å². The van der Waals surface area contributed by atoms with Crippen LogP contribution in [0.15, 0.2) is 34.3 Å². The fourth-order valence-corrected chi connectivity index (χ4v) is 4.40. The van der Waals surface area contributed by atoms with Gasteiger partial charge in [-0.15, -0.1) is 11.3 Å². The van der Waals surface area contributed by atoms with Crippen molar-refractivity contribution >= 4 is 57.0 Å². The first kappa shape index (κ1) is 36.8. The Bertz CT molecular complexity index is 1200. The normalized spacial score (nSPS) is 12.5. The first-order valence-electron chi connectivity index (χ1n) is 14.2. The quantitative estimate of drug-likeness (QED) is 0.0723. The minimum Gasteiger partial charge on any atom is -0.370 e. The number of aliphatic imine (C=N–C) groups is 2. The summed E-state index contributed by atoms with van der Waals surface area (Å²) in [5, 5.41) is 7.62. The van der Waals surface area contributed by atoms with Crippen LogP contribution >= 0.6 is 11.3 Å². The Kier molecular flexibility index (Phi) is 17.6. The van der Waals surface area contributed by atoms with Crippen molar-refractivity contribution in [1.82, 2.24) is 20.9 Å². The molecule has 1 aliphatic rings. The summed E-state index contributed by atoms with van der Waals surface area (Å²) in [6, 6.07) is 6.50. The van der Waals surface area contributed by atoms with Crippen LogP contribution in [0.1, 0.15) is 69.1 Å². The number of thiazole rings is 1. The summed E-state index contributed by atoms with van der Waals surface area (Å²) in [4.78, 5) is 59.7. The second-order valence-electron chi connectivity index (χ2n) is 9.95. The number of amides is 3. The van der Waals surface area contributed by atoms with Crippen LogP contribution in [0.3, 0.4) is 0 Å². The average Bonchev–Trinajstić information content (AvgIpc) is 3.39. The number of hydrogen-bond donors (Lipinski definition) is 7. The molecule has 3 amide bonds. The van der Waals surface area contributed by atoms with Gasteiger partial charge >= 0.3 is 0 Å². The zero-order chi connectivity index (χ0) is 32.2. The molecule has 0 spiro atoms. The van der Waals surface area contributed by atoms with Crippen molar-refractivity contribution in [2.45, 2.75) is 65.3 Å². The monoisotopic (exact) mass is 618 g/mol. The van der Waals surface area contributed by atoms with Gasteiger partial charge in [0.15, 0.2) is 16.9 Å². The summed E-state index contributed by atoms with van der Waals surface area (Å²) in [6.07, 6.45) is 6.20. The summed E-state index contributed by atoms with van der Waals surface area (Å²) >= 11 is 1.24. The molecule has 238 valence electrons. The number of hydrogen-bond acceptors (Lipinski definition) is 8. The minimum atomic E-state index is -0.852. The maximum atomic E-state index is 13.0. The fourth-order valence-electron chi connectivity index (χ4n) is 3.44. The average molecular weight is 619 g/mol. The molecule has 1 aromatic carbocycles. The van der Waals surface area contributed by atoms with Gasteiger partial charge in [0.05, 0.1) is 29.3 Å². The predicted octanol–water partition coefficient (Wildman–Crippen LogP) is 0.746. The fraction of sp³-hybridized carbons (Fsp3) is 0.536. The van der Waals surface area contributed by atoms with Gasteiger partial charge < -0.3 is 38.9 Å². The van der Waals surface area contributed by atoms with E-state index in [9.17, 15) is 19.2 Å². The Morgan fingerprint density at radius 2 is 1.58 bits per heavy atom. The summed E-state index contributed by atoms with van der Waals surface area (Å²) < 4.78 is 0.863.